The van der Waals surface area contributed by atoms with Crippen molar-refractivity contribution in [3.63, 3.8) is 0 Å². The molecule has 8 fully saturated rings. The molecule has 108 heavy (non-hydrogen) atoms. The summed E-state index contributed by atoms with van der Waals surface area (Å²) in [5.41, 5.74) is -0.222. The first-order valence-corrected chi connectivity index (χ1v) is 39.8. The van der Waals surface area contributed by atoms with E-state index in [0.29, 0.717) is 60.2 Å². The maximum Gasteiger partial charge on any atom is 0.397 e. The molecule has 8 aliphatic rings. The van der Waals surface area contributed by atoms with Crippen LogP contribution in [0, 0.1) is 58.7 Å². The average molecular weight is 1690 g/mol. The van der Waals surface area contributed by atoms with Crippen LogP contribution >= 0.6 is 0 Å². The van der Waals surface area contributed by atoms with E-state index in [-0.39, 0.29) is 17.8 Å². The smallest absolute Gasteiger partial charge is 0.347 e. The predicted octanol–water partition coefficient (Wildman–Crippen LogP) is 1.19. The highest BCUT2D eigenvalue weighted by atomic mass is 32.3. The molecule has 4 aliphatic heterocycles. The topological polar surface area (TPSA) is 701 Å². The van der Waals surface area contributed by atoms with Gasteiger partial charge < -0.3 is 37.9 Å². The molecule has 13 N–H and O–H groups in total. The van der Waals surface area contributed by atoms with E-state index >= 15 is 0 Å². The van der Waals surface area contributed by atoms with E-state index in [1.807, 2.05) is 0 Å². The van der Waals surface area contributed by atoms with Gasteiger partial charge in [-0.1, -0.05) is 94.2 Å². The summed E-state index contributed by atoms with van der Waals surface area (Å²) in [6.45, 7) is 5.07. The fraction of sp³-hybridized carbons (Fsp3) is 1.00. The summed E-state index contributed by atoms with van der Waals surface area (Å²) in [7, 11) is -28.3. The monoisotopic (exact) mass is 1690 g/mol. The Labute approximate surface area is 614 Å². The molecule has 30 atom stereocenters. The van der Waals surface area contributed by atoms with Crippen LogP contribution in [0.1, 0.15) is 105 Å². The molecule has 8 rings (SSSR count). The normalized spacial score (nSPS) is 39.7. The first-order valence-electron chi connectivity index (χ1n) is 33.0. The summed E-state index contributed by atoms with van der Waals surface area (Å²) < 4.78 is 243. The van der Waals surface area contributed by atoms with E-state index in [9.17, 15) is 107 Å². The third-order valence-corrected chi connectivity index (χ3v) is 23.3. The molecule has 4 heterocycles. The quantitative estimate of drug-likeness (QED) is 0.0176. The van der Waals surface area contributed by atoms with Gasteiger partial charge in [-0.05, 0) is 110 Å². The third kappa shape index (κ3) is 24.4. The number of hydrogen-bond donors (Lipinski definition) is 13. The Balaban J connectivity index is 1.11. The van der Waals surface area contributed by atoms with E-state index < -0.39 is 207 Å². The maximum atomic E-state index is 12.9. The molecule has 0 aromatic carbocycles. The van der Waals surface area contributed by atoms with Crippen LogP contribution in [-0.4, -0.2) is 262 Å². The van der Waals surface area contributed by atoms with E-state index in [1.165, 1.54) is 19.3 Å². The molecule has 0 aromatic heterocycles. The van der Waals surface area contributed by atoms with Crippen LogP contribution < -0.4 is 0 Å². The van der Waals surface area contributed by atoms with Crippen LogP contribution in [0.5, 0.6) is 0 Å². The van der Waals surface area contributed by atoms with Crippen molar-refractivity contribution in [1.82, 2.24) is 0 Å². The van der Waals surface area contributed by atoms with Crippen molar-refractivity contribution in [2.75, 3.05) is 26.4 Å². The van der Waals surface area contributed by atoms with Crippen LogP contribution in [0.2, 0.25) is 0 Å². The van der Waals surface area contributed by atoms with E-state index in [0.717, 1.165) is 32.1 Å². The first kappa shape index (κ1) is 91.6. The van der Waals surface area contributed by atoms with Gasteiger partial charge in [0.25, 0.3) is 0 Å². The fourth-order valence-corrected chi connectivity index (χ4v) is 18.7. The molecule has 4 aliphatic carbocycles. The van der Waals surface area contributed by atoms with Crippen LogP contribution in [0.3, 0.4) is 0 Å². The Morgan fingerprint density at radius 2 is 0.750 bits per heavy atom. The van der Waals surface area contributed by atoms with Gasteiger partial charge in [-0.25, -0.2) is 63.0 Å². The molecule has 14 unspecified atom stereocenters. The van der Waals surface area contributed by atoms with Crippen molar-refractivity contribution >= 4 is 52.0 Å². The molecule has 634 valence electrons. The van der Waals surface area contributed by atoms with Gasteiger partial charge in [0.2, 0.25) is 0 Å². The minimum absolute atomic E-state index is 0.0149. The van der Waals surface area contributed by atoms with Gasteiger partial charge in [-0.3, -0.25) is 22.8 Å². The van der Waals surface area contributed by atoms with Crippen LogP contribution in [-0.2, 0) is 190 Å². The van der Waals surface area contributed by atoms with Crippen molar-refractivity contribution in [2.45, 2.75) is 234 Å². The van der Waals surface area contributed by atoms with Gasteiger partial charge in [-0.15, -0.1) is 0 Å². The van der Waals surface area contributed by atoms with E-state index in [2.05, 4.69) is 106 Å². The number of ether oxygens (including phenoxy) is 8. The lowest BCUT2D eigenvalue weighted by Gasteiger charge is -2.60. The zero-order valence-electron chi connectivity index (χ0n) is 57.2. The van der Waals surface area contributed by atoms with Crippen molar-refractivity contribution in [2.24, 2.45) is 58.7 Å². The van der Waals surface area contributed by atoms with E-state index in [4.69, 9.17) is 66.5 Å². The zero-order valence-corrected chi connectivity index (χ0v) is 61.3. The summed E-state index contributed by atoms with van der Waals surface area (Å²) in [6.07, 6.45) is -42.2. The first-order chi connectivity index (χ1) is 50.8. The second-order valence-electron chi connectivity index (χ2n) is 27.5. The minimum Gasteiger partial charge on any atom is -0.347 e. The van der Waals surface area contributed by atoms with Crippen molar-refractivity contribution < 1.29 is 245 Å². The third-order valence-electron chi connectivity index (χ3n) is 21.1. The lowest BCUT2D eigenvalue weighted by atomic mass is 9.45. The second kappa shape index (κ2) is 40.3. The van der Waals surface area contributed by atoms with E-state index in [1.54, 1.807) is 0 Å². The Kier molecular flexibility index (Phi) is 34.2. The van der Waals surface area contributed by atoms with Crippen LogP contribution in [0.4, 0.5) is 0 Å². The van der Waals surface area contributed by atoms with Crippen LogP contribution in [0.25, 0.3) is 0 Å². The molecule has 0 amide bonds. The summed E-state index contributed by atoms with van der Waals surface area (Å²) >= 11 is 0. The molecule has 0 radical (unpaired) electrons. The lowest BCUT2D eigenvalue weighted by Crippen LogP contribution is -2.69. The molecule has 4 saturated carbocycles. The van der Waals surface area contributed by atoms with Gasteiger partial charge >= 0.3 is 52.0 Å². The summed E-state index contributed by atoms with van der Waals surface area (Å²) in [5, 5.41) is 108. The van der Waals surface area contributed by atoms with Gasteiger partial charge in [-0.2, -0.15) is 81.2 Å². The molecule has 4 saturated heterocycles. The molecule has 0 bridgehead atoms. The number of hydrogen-bond acceptors (Lipinski definition) is 47. The SMILES string of the molecule is CC(C)CCC[C@@H](C)[C@H]1CCC2C3CCC4C[C@@H](O[C@@H]5OC(COS(=O)(=O)O)[C@@H](O[C@H]6OC(COS(=O)(=O)O)[C@@H](O[C@H]7OC(COS(=O)(=O)O)[C@@H](O[C@H]8OC(COS(=O)(=O)O)[C@@H](OOO)C(OOO)[C@@H]8OOO)C(OOO)[C@@H]7OOO)C(OOO)[C@@H]6OOO)C(OOO)[C@@H]5OS(=O)(=O)O)CC[C@]4(C)C3CC(C)C21. The summed E-state index contributed by atoms with van der Waals surface area (Å²) in [4.78, 5) is 38.6. The summed E-state index contributed by atoms with van der Waals surface area (Å²) in [6, 6.07) is 0. The Bertz CT molecular complexity index is 3330. The average Bonchev–Trinajstić information content (AvgIpc) is 1.46. The highest BCUT2D eigenvalue weighted by Crippen LogP contribution is 2.66. The second-order valence-corrected chi connectivity index (χ2v) is 32.9. The number of rotatable bonds is 43. The molecule has 57 heteroatoms. The van der Waals surface area contributed by atoms with Gasteiger partial charge in [0.05, 0.1) is 32.5 Å². The molecule has 0 spiro atoms. The maximum absolute atomic E-state index is 12.9. The van der Waals surface area contributed by atoms with Crippen molar-refractivity contribution in [3.05, 3.63) is 0 Å². The lowest BCUT2D eigenvalue weighted by molar-refractivity contribution is -0.595. The zero-order chi connectivity index (χ0) is 79.4. The Morgan fingerprint density at radius 3 is 1.13 bits per heavy atom. The largest absolute Gasteiger partial charge is 0.397 e. The number of fused-ring (bicyclic) bond motifs is 5. The van der Waals surface area contributed by atoms with Crippen molar-refractivity contribution in [1.29, 1.82) is 0 Å². The standard InChI is InChI=1S/C51H88O52S5/c1-21(2)7-6-8-22(3)26-11-12-28-27-10-9-24-16-25(13-14-51(24,5)29(27)15-23(4)34(26)28)79-50-46(95-108(72,73)74)41(90-99-55)37(32(82-50)19-77-106(66,67)68)86-48-44(93-102-58)39(88-97-53)35(30(81-48)17-75-104(60,61)62)84-47-43(92-101-57)40(89-98-54)36(31(80-47)18-76-105(63,64)65)85-49-45(94-103-59)42(91-100-56)38(87-96-52)33(83-49)20-78-107(69,70)71/h21-50,52-59H,6-20H2,1-5H3,(H,60,61,62)(H,63,64,65)(H,66,67,68)(H,69,70,71)(H,72,73,74)/t22-,23?,24?,25+,26-,27?,28?,29?,30?,31?,32?,33?,34?,35-,36-,37-,38-,39?,40?,41?,42?,43+,44+,45+,46+,47-,48-,49-,50-,51+/m1/s1. The predicted molar refractivity (Wildman–Crippen MR) is 322 cm³/mol. The molecular weight excluding hydrogens is 1600 g/mol. The van der Waals surface area contributed by atoms with Crippen molar-refractivity contribution in [3.8, 4) is 0 Å². The fourth-order valence-electron chi connectivity index (χ4n) is 16.9. The molecule has 52 nitrogen and oxygen atoms in total. The van der Waals surface area contributed by atoms with Gasteiger partial charge in [0.1, 0.15) is 42.7 Å². The van der Waals surface area contributed by atoms with Crippen LogP contribution in [0.15, 0.2) is 0 Å². The highest BCUT2D eigenvalue weighted by molar-refractivity contribution is 7.81. The summed E-state index contributed by atoms with van der Waals surface area (Å²) in [5.74, 6) is 4.11. The Morgan fingerprint density at radius 1 is 0.398 bits per heavy atom. The van der Waals surface area contributed by atoms with Gasteiger partial charge in [0.15, 0.2) is 80.1 Å². The minimum atomic E-state index is -5.80. The molecule has 0 aromatic rings. The molecular formula is C51H88O52S5. The Hall–Kier alpha value is -1.93. The highest BCUT2D eigenvalue weighted by Gasteiger charge is 2.64. The van der Waals surface area contributed by atoms with Gasteiger partial charge in [0, 0.05) is 0 Å².